The first-order valence-electron chi connectivity index (χ1n) is 11.1. The lowest BCUT2D eigenvalue weighted by atomic mass is 10.1. The summed E-state index contributed by atoms with van der Waals surface area (Å²) in [6.45, 7) is 5.49. The van der Waals surface area contributed by atoms with E-state index in [2.05, 4.69) is 34.0 Å². The fourth-order valence-electron chi connectivity index (χ4n) is 3.15. The van der Waals surface area contributed by atoms with Crippen LogP contribution in [-0.4, -0.2) is 64.8 Å². The second kappa shape index (κ2) is 11.3. The van der Waals surface area contributed by atoms with Gasteiger partial charge in [-0.1, -0.05) is 60.7 Å². The van der Waals surface area contributed by atoms with Gasteiger partial charge in [-0.05, 0) is 27.0 Å². The van der Waals surface area contributed by atoms with Gasteiger partial charge in [-0.15, -0.1) is 0 Å². The largest absolute Gasteiger partial charge is 0.344 e. The lowest BCUT2D eigenvalue weighted by molar-refractivity contribution is -0.133. The minimum atomic E-state index is -0.437. The maximum atomic E-state index is 12.6. The molecule has 172 valence electrons. The molecule has 0 aliphatic heterocycles. The molecule has 0 aliphatic carbocycles. The first-order valence-corrected chi connectivity index (χ1v) is 11.1. The van der Waals surface area contributed by atoms with Crippen molar-refractivity contribution in [2.45, 2.75) is 26.3 Å². The van der Waals surface area contributed by atoms with Crippen molar-refractivity contribution in [3.05, 3.63) is 66.7 Å². The van der Waals surface area contributed by atoms with Crippen LogP contribution in [0.5, 0.6) is 0 Å². The Morgan fingerprint density at radius 2 is 1.36 bits per heavy atom. The lowest BCUT2D eigenvalue weighted by Crippen LogP contribution is -2.38. The Morgan fingerprint density at radius 1 is 0.848 bits per heavy atom. The number of hydrogen-bond donors (Lipinski definition) is 1. The fraction of sp³-hybridized carbons (Fsp3) is 0.308. The van der Waals surface area contributed by atoms with E-state index in [-0.39, 0.29) is 18.3 Å². The van der Waals surface area contributed by atoms with Gasteiger partial charge >= 0.3 is 0 Å². The molecule has 0 atom stereocenters. The highest BCUT2D eigenvalue weighted by atomic mass is 16.2. The van der Waals surface area contributed by atoms with Gasteiger partial charge < -0.3 is 9.80 Å². The van der Waals surface area contributed by atoms with Crippen LogP contribution in [0.3, 0.4) is 0 Å². The summed E-state index contributed by atoms with van der Waals surface area (Å²) in [6, 6.07) is 21.7. The zero-order chi connectivity index (χ0) is 23.8. The highest BCUT2D eigenvalue weighted by molar-refractivity contribution is 6.03. The van der Waals surface area contributed by atoms with Crippen LogP contribution in [0.4, 0.5) is 5.95 Å². The van der Waals surface area contributed by atoms with Crippen molar-refractivity contribution in [3.63, 3.8) is 0 Å². The topological polar surface area (TPSA) is 78.4 Å². The van der Waals surface area contributed by atoms with Gasteiger partial charge in [0.2, 0.25) is 17.8 Å². The maximum Gasteiger partial charge on any atom is 0.236 e. The van der Waals surface area contributed by atoms with E-state index in [0.717, 1.165) is 17.7 Å². The summed E-state index contributed by atoms with van der Waals surface area (Å²) in [7, 11) is 3.72. The smallest absolute Gasteiger partial charge is 0.236 e. The number of hydrogen-bond acceptors (Lipinski definition) is 5. The van der Waals surface area contributed by atoms with Gasteiger partial charge in [0.15, 0.2) is 0 Å². The quantitative estimate of drug-likeness (QED) is 0.505. The summed E-state index contributed by atoms with van der Waals surface area (Å²) in [4.78, 5) is 37.9. The van der Waals surface area contributed by atoms with Crippen LogP contribution in [0.25, 0.3) is 22.5 Å². The highest BCUT2D eigenvalue weighted by Gasteiger charge is 2.17. The number of benzene rings is 2. The number of aromatic nitrogens is 2. The van der Waals surface area contributed by atoms with Crippen LogP contribution in [0.1, 0.15) is 20.3 Å². The number of anilines is 1. The third-order valence-corrected chi connectivity index (χ3v) is 5.52. The fourth-order valence-corrected chi connectivity index (χ4v) is 3.15. The molecule has 0 saturated heterocycles. The molecule has 0 saturated carbocycles. The van der Waals surface area contributed by atoms with E-state index in [1.54, 1.807) is 11.9 Å². The number of rotatable bonds is 9. The van der Waals surface area contributed by atoms with Crippen LogP contribution >= 0.6 is 0 Å². The third kappa shape index (κ3) is 6.95. The number of amides is 2. The number of nitrogens with zero attached hydrogens (tertiary/aromatic N) is 4. The molecule has 2 aromatic carbocycles. The summed E-state index contributed by atoms with van der Waals surface area (Å²) in [6.07, 6.45) is -0.262. The summed E-state index contributed by atoms with van der Waals surface area (Å²) >= 11 is 0. The predicted octanol–water partition coefficient (Wildman–Crippen LogP) is 3.94. The van der Waals surface area contributed by atoms with E-state index in [4.69, 9.17) is 0 Å². The molecule has 33 heavy (non-hydrogen) atoms. The van der Waals surface area contributed by atoms with Gasteiger partial charge in [-0.25, -0.2) is 9.97 Å². The van der Waals surface area contributed by atoms with Crippen LogP contribution in [-0.2, 0) is 9.59 Å². The molecule has 3 aromatic rings. The molecule has 0 fully saturated rings. The Balaban J connectivity index is 1.74. The zero-order valence-corrected chi connectivity index (χ0v) is 19.7. The van der Waals surface area contributed by atoms with Crippen molar-refractivity contribution in [2.75, 3.05) is 32.5 Å². The highest BCUT2D eigenvalue weighted by Crippen LogP contribution is 2.25. The number of carbonyl (C=O) groups is 2. The molecular weight excluding hydrogens is 414 g/mol. The van der Waals surface area contributed by atoms with Crippen molar-refractivity contribution in [1.82, 2.24) is 19.8 Å². The van der Waals surface area contributed by atoms with Crippen LogP contribution in [0.2, 0.25) is 0 Å². The number of likely N-dealkylation sites (N-methyl/N-ethyl adjacent to an activating group) is 2. The molecule has 1 N–H and O–H groups in total. The van der Waals surface area contributed by atoms with Gasteiger partial charge in [0.05, 0.1) is 11.4 Å². The molecule has 2 amide bonds. The Labute approximate surface area is 195 Å². The Morgan fingerprint density at radius 3 is 1.85 bits per heavy atom. The average Bonchev–Trinajstić information content (AvgIpc) is 2.83. The lowest BCUT2D eigenvalue weighted by Gasteiger charge is -2.24. The standard InChI is InChI=1S/C26H31N5O2/c1-19(2)30(3)15-16-31(4)25(33)18-24(32)29-26-27-22(20-11-7-5-8-12-20)17-23(28-26)21-13-9-6-10-14-21/h5-14,17,19H,15-16,18H2,1-4H3,(H,27,28,29,32). The summed E-state index contributed by atoms with van der Waals surface area (Å²) in [5.41, 5.74) is 3.22. The van der Waals surface area contributed by atoms with Crippen LogP contribution in [0.15, 0.2) is 66.7 Å². The van der Waals surface area contributed by atoms with Gasteiger partial charge in [0.25, 0.3) is 0 Å². The first kappa shape index (κ1) is 24.1. The molecule has 0 unspecified atom stereocenters. The number of nitrogens with one attached hydrogen (secondary N) is 1. The Bertz CT molecular complexity index is 1010. The molecular formula is C26H31N5O2. The predicted molar refractivity (Wildman–Crippen MR) is 132 cm³/mol. The van der Waals surface area contributed by atoms with E-state index < -0.39 is 5.91 Å². The van der Waals surface area contributed by atoms with Crippen molar-refractivity contribution < 1.29 is 9.59 Å². The van der Waals surface area contributed by atoms with Gasteiger partial charge in [-0.2, -0.15) is 0 Å². The second-order valence-corrected chi connectivity index (χ2v) is 8.31. The summed E-state index contributed by atoms with van der Waals surface area (Å²) in [5, 5.41) is 2.71. The average molecular weight is 446 g/mol. The zero-order valence-electron chi connectivity index (χ0n) is 19.7. The van der Waals surface area contributed by atoms with Gasteiger partial charge in [0.1, 0.15) is 6.42 Å². The van der Waals surface area contributed by atoms with Gasteiger partial charge in [0, 0.05) is 37.3 Å². The molecule has 1 aromatic heterocycles. The van der Waals surface area contributed by atoms with Gasteiger partial charge in [-0.3, -0.25) is 14.9 Å². The molecule has 0 aliphatic rings. The minimum Gasteiger partial charge on any atom is -0.344 e. The first-order chi connectivity index (χ1) is 15.8. The monoisotopic (exact) mass is 445 g/mol. The minimum absolute atomic E-state index is 0.176. The van der Waals surface area contributed by atoms with Crippen molar-refractivity contribution in [3.8, 4) is 22.5 Å². The second-order valence-electron chi connectivity index (χ2n) is 8.31. The molecule has 1 heterocycles. The van der Waals surface area contributed by atoms with Crippen molar-refractivity contribution in [1.29, 1.82) is 0 Å². The van der Waals surface area contributed by atoms with E-state index in [9.17, 15) is 9.59 Å². The SMILES string of the molecule is CC(C)N(C)CCN(C)C(=O)CC(=O)Nc1nc(-c2ccccc2)cc(-c2ccccc2)n1. The molecule has 0 spiro atoms. The molecule has 7 nitrogen and oxygen atoms in total. The molecule has 3 rings (SSSR count). The van der Waals surface area contributed by atoms with Crippen LogP contribution < -0.4 is 5.32 Å². The third-order valence-electron chi connectivity index (χ3n) is 5.52. The van der Waals surface area contributed by atoms with E-state index in [1.807, 2.05) is 73.8 Å². The number of carbonyl (C=O) groups excluding carboxylic acids is 2. The molecule has 0 radical (unpaired) electrons. The summed E-state index contributed by atoms with van der Waals surface area (Å²) < 4.78 is 0. The Kier molecular flexibility index (Phi) is 8.27. The van der Waals surface area contributed by atoms with Crippen molar-refractivity contribution in [2.24, 2.45) is 0 Å². The van der Waals surface area contributed by atoms with E-state index in [0.29, 0.717) is 24.0 Å². The van der Waals surface area contributed by atoms with Crippen LogP contribution in [0, 0.1) is 0 Å². The summed E-state index contributed by atoms with van der Waals surface area (Å²) in [5.74, 6) is -0.504. The molecule has 7 heteroatoms. The van der Waals surface area contributed by atoms with E-state index >= 15 is 0 Å². The van der Waals surface area contributed by atoms with E-state index in [1.165, 1.54) is 0 Å². The molecule has 0 bridgehead atoms. The Hall–Kier alpha value is -3.58. The maximum absolute atomic E-state index is 12.6. The van der Waals surface area contributed by atoms with Crippen molar-refractivity contribution >= 4 is 17.8 Å². The normalized spacial score (nSPS) is 11.0.